The summed E-state index contributed by atoms with van der Waals surface area (Å²) < 4.78 is 0. The van der Waals surface area contributed by atoms with Gasteiger partial charge in [-0.25, -0.2) is 0 Å². The Bertz CT molecular complexity index is 1100. The van der Waals surface area contributed by atoms with E-state index in [1.54, 1.807) is 0 Å². The molecule has 0 amide bonds. The van der Waals surface area contributed by atoms with E-state index in [9.17, 15) is 0 Å². The number of hydrogen-bond acceptors (Lipinski definition) is 3. The molecule has 250 valence electrons. The number of halogens is 3. The smallest absolute Gasteiger partial charge is 0.255 e. The van der Waals surface area contributed by atoms with E-state index in [0.717, 1.165) is 17.1 Å². The number of nitrogens with one attached hydrogen (secondary N) is 3. The molecule has 0 aromatic carbocycles. The number of aromatic amines is 3. The van der Waals surface area contributed by atoms with Crippen LogP contribution in [0.1, 0.15) is 159 Å². The summed E-state index contributed by atoms with van der Waals surface area (Å²) in [4.78, 5) is 0. The van der Waals surface area contributed by atoms with E-state index < -0.39 is 0 Å². The topological polar surface area (TPSA) is 86.0 Å². The average molecular weight is 839 g/mol. The molecule has 0 aliphatic heterocycles. The fourth-order valence-electron chi connectivity index (χ4n) is 5.76. The van der Waals surface area contributed by atoms with E-state index in [4.69, 9.17) is 15.3 Å². The molecule has 0 saturated heterocycles. The largest absolute Gasteiger partial charge is 0.282 e. The fraction of sp³-hybridized carbons (Fsp3) is 0.727. The molecule has 44 heavy (non-hydrogen) atoms. The van der Waals surface area contributed by atoms with Gasteiger partial charge < -0.3 is 0 Å². The molecule has 0 saturated carbocycles. The predicted molar refractivity (Wildman–Crippen MR) is 204 cm³/mol. The molecule has 3 N–H and O–H groups in total. The van der Waals surface area contributed by atoms with Crippen molar-refractivity contribution in [1.29, 1.82) is 0 Å². The van der Waals surface area contributed by atoms with Crippen molar-refractivity contribution in [3.05, 3.63) is 34.2 Å². The molecule has 0 aliphatic rings. The molecule has 3 rings (SSSR count). The van der Waals surface area contributed by atoms with Crippen LogP contribution in [0, 0.1) is 0 Å². The molecule has 0 unspecified atom stereocenters. The second kappa shape index (κ2) is 14.5. The molecule has 0 spiro atoms. The van der Waals surface area contributed by atoms with Crippen molar-refractivity contribution in [2.24, 2.45) is 0 Å². The number of aromatic nitrogens is 6. The van der Waals surface area contributed by atoms with Gasteiger partial charge in [0.15, 0.2) is 0 Å². The summed E-state index contributed by atoms with van der Waals surface area (Å²) in [7, 11) is 0. The van der Waals surface area contributed by atoms with E-state index in [0.29, 0.717) is 0 Å². The van der Waals surface area contributed by atoms with Gasteiger partial charge in [0.25, 0.3) is 6.71 Å². The van der Waals surface area contributed by atoms with Gasteiger partial charge in [-0.3, -0.25) is 15.3 Å². The fourth-order valence-corrected chi connectivity index (χ4v) is 5.76. The van der Waals surface area contributed by atoms with Gasteiger partial charge in [0.1, 0.15) is 0 Å². The summed E-state index contributed by atoms with van der Waals surface area (Å²) in [5.74, 6) is 0. The van der Waals surface area contributed by atoms with Crippen LogP contribution in [0.2, 0.25) is 0 Å². The van der Waals surface area contributed by atoms with Crippen molar-refractivity contribution in [3.8, 4) is 0 Å². The second-order valence-corrected chi connectivity index (χ2v) is 18.0. The van der Waals surface area contributed by atoms with Crippen LogP contribution < -0.4 is 16.4 Å². The quantitative estimate of drug-likeness (QED) is 0.235. The minimum atomic E-state index is -0.172. The summed E-state index contributed by atoms with van der Waals surface area (Å²) in [6, 6.07) is 0. The Labute approximate surface area is 315 Å². The zero-order chi connectivity index (χ0) is 31.0. The molecule has 3 aromatic heterocycles. The van der Waals surface area contributed by atoms with Gasteiger partial charge in [0, 0.05) is 71.3 Å². The van der Waals surface area contributed by atoms with Gasteiger partial charge >= 0.3 is 0 Å². The van der Waals surface area contributed by atoms with Crippen LogP contribution in [0.15, 0.2) is 0 Å². The first-order valence-corrected chi connectivity index (χ1v) is 15.0. The Morgan fingerprint density at radius 1 is 0.364 bits per heavy atom. The first kappa shape index (κ1) is 46.0. The third-order valence-electron chi connectivity index (χ3n) is 7.66. The molecule has 0 radical (unpaired) electrons. The molecular weight excluding hydrogens is 779 g/mol. The van der Waals surface area contributed by atoms with Crippen LogP contribution in [-0.2, 0) is 54.2 Å². The van der Waals surface area contributed by atoms with Gasteiger partial charge in [-0.1, -0.05) is 125 Å². The Kier molecular flexibility index (Phi) is 15.2. The summed E-state index contributed by atoms with van der Waals surface area (Å²) in [5.41, 5.74) is 9.63. The zero-order valence-corrected chi connectivity index (χ0v) is 37.3. The number of hydrogen-bond donors (Lipinski definition) is 3. The van der Waals surface area contributed by atoms with Crippen LogP contribution in [-0.4, -0.2) is 37.3 Å². The van der Waals surface area contributed by atoms with Crippen LogP contribution in [0.3, 0.4) is 0 Å². The number of rotatable bonds is 3. The van der Waals surface area contributed by atoms with Gasteiger partial charge in [0.2, 0.25) is 0 Å². The number of nitrogens with zero attached hydrogens (tertiary/aromatic N) is 3. The predicted octanol–water partition coefficient (Wildman–Crippen LogP) is 7.89. The van der Waals surface area contributed by atoms with Crippen LogP contribution in [0.5, 0.6) is 0 Å². The summed E-state index contributed by atoms with van der Waals surface area (Å²) >= 11 is 0. The van der Waals surface area contributed by atoms with Gasteiger partial charge in [0.05, 0.1) is 17.1 Å². The van der Waals surface area contributed by atoms with Crippen LogP contribution in [0.25, 0.3) is 0 Å². The van der Waals surface area contributed by atoms with Gasteiger partial charge in [-0.2, -0.15) is 15.3 Å². The molecule has 0 bridgehead atoms. The van der Waals surface area contributed by atoms with Crippen molar-refractivity contribution in [1.82, 2.24) is 30.6 Å². The average Bonchev–Trinajstić information content (AvgIpc) is 3.42. The third-order valence-corrected chi connectivity index (χ3v) is 7.66. The zero-order valence-electron chi connectivity index (χ0n) is 30.6. The van der Waals surface area contributed by atoms with Gasteiger partial charge in [-0.05, 0) is 16.4 Å². The molecule has 3 aromatic rings. The maximum atomic E-state index is 5.08. The molecule has 0 atom stereocenters. The van der Waals surface area contributed by atoms with Gasteiger partial charge in [-0.15, -0.1) is 50.9 Å². The maximum absolute atomic E-state index is 5.08. The summed E-state index contributed by atoms with van der Waals surface area (Å²) in [6.45, 7) is 40.8. The minimum absolute atomic E-state index is 0. The van der Waals surface area contributed by atoms with E-state index in [-0.39, 0.29) is 112 Å². The molecule has 0 aliphatic carbocycles. The molecule has 0 fully saturated rings. The maximum Gasteiger partial charge on any atom is 0.255 e. The number of H-pyrrole nitrogens is 3. The summed E-state index contributed by atoms with van der Waals surface area (Å²) in [6.07, 6.45) is 0. The minimum Gasteiger partial charge on any atom is -0.282 e. The van der Waals surface area contributed by atoms with E-state index in [2.05, 4.69) is 140 Å². The van der Waals surface area contributed by atoms with E-state index >= 15 is 0 Å². The first-order valence-electron chi connectivity index (χ1n) is 15.0. The Morgan fingerprint density at radius 3 is 0.682 bits per heavy atom. The second-order valence-electron chi connectivity index (χ2n) is 18.0. The van der Waals surface area contributed by atoms with Crippen LogP contribution >= 0.6 is 50.9 Å². The van der Waals surface area contributed by atoms with Crippen molar-refractivity contribution in [2.45, 2.75) is 157 Å². The van der Waals surface area contributed by atoms with Crippen molar-refractivity contribution < 1.29 is 21.7 Å². The SMILES string of the molecule is Br.Br.Br.CC(C)(C)c1n[nH]c(C(C)(C)C)c1B(c1c(C(C)(C)C)n[nH]c1C(C)(C)C)c1c(C(C)(C)C)n[nH]c1C(C)(C)C.[Ti]. The third kappa shape index (κ3) is 9.26. The Hall–Kier alpha value is -0.151. The van der Waals surface area contributed by atoms with Crippen molar-refractivity contribution in [3.63, 3.8) is 0 Å². The monoisotopic (exact) mass is 836 g/mol. The van der Waals surface area contributed by atoms with Crippen molar-refractivity contribution >= 4 is 74.0 Å². The van der Waals surface area contributed by atoms with E-state index in [1.165, 1.54) is 33.5 Å². The first-order chi connectivity index (χ1) is 17.7. The van der Waals surface area contributed by atoms with Crippen molar-refractivity contribution in [2.75, 3.05) is 0 Å². The standard InChI is InChI=1S/C33H57BN6.3BrH.Ti/c1-28(2,3)22-19(23(36-35-22)29(4,5)6)34(20-24(30(7,8)9)37-38-25(20)31(10,11)12)21-26(32(13,14)15)39-40-27(21)33(16,17)18;;;;/h1-18H3,(H,35,36)(H,37,38)(H,39,40);3*1H;. The molecule has 3 heterocycles. The molecule has 11 heteroatoms. The Morgan fingerprint density at radius 2 is 0.545 bits per heavy atom. The normalized spacial score (nSPS) is 13.0. The molecular formula is C33H60BBr3N6Ti. The van der Waals surface area contributed by atoms with E-state index in [1.807, 2.05) is 0 Å². The molecule has 6 nitrogen and oxygen atoms in total. The Balaban J connectivity index is 0. The van der Waals surface area contributed by atoms with Crippen LogP contribution in [0.4, 0.5) is 0 Å². The summed E-state index contributed by atoms with van der Waals surface area (Å²) in [5, 5.41) is 25.9.